The normalized spacial score (nSPS) is 18.1. The topological polar surface area (TPSA) is 30.3 Å². The van der Waals surface area contributed by atoms with Crippen molar-refractivity contribution >= 4 is 0 Å². The highest BCUT2D eigenvalue weighted by atomic mass is 16.5. The average Bonchev–Trinajstić information content (AvgIpc) is 2.79. The molecule has 84 valence electrons. The molecular formula is C11H19N3O. The molecule has 1 saturated heterocycles. The van der Waals surface area contributed by atoms with Crippen molar-refractivity contribution in [1.29, 1.82) is 0 Å². The Morgan fingerprint density at radius 3 is 2.67 bits per heavy atom. The van der Waals surface area contributed by atoms with Crippen LogP contribution in [0.2, 0.25) is 0 Å². The van der Waals surface area contributed by atoms with Gasteiger partial charge in [-0.1, -0.05) is 0 Å². The molecule has 0 aliphatic carbocycles. The Hall–Kier alpha value is -0.870. The quantitative estimate of drug-likeness (QED) is 0.678. The Kier molecular flexibility index (Phi) is 4.17. The summed E-state index contributed by atoms with van der Waals surface area (Å²) in [5.74, 6) is 0. The van der Waals surface area contributed by atoms with Crippen molar-refractivity contribution in [2.45, 2.75) is 19.4 Å². The van der Waals surface area contributed by atoms with Crippen LogP contribution in [0.3, 0.4) is 0 Å². The predicted octanol–water partition coefficient (Wildman–Crippen LogP) is 0.995. The molecule has 0 radical (unpaired) electrons. The van der Waals surface area contributed by atoms with E-state index < -0.39 is 0 Å². The van der Waals surface area contributed by atoms with Crippen molar-refractivity contribution in [2.24, 2.45) is 0 Å². The van der Waals surface area contributed by atoms with E-state index in [1.165, 1.54) is 19.4 Å². The van der Waals surface area contributed by atoms with Crippen LogP contribution < -0.4 is 0 Å². The largest absolute Gasteiger partial charge is 0.379 e. The summed E-state index contributed by atoms with van der Waals surface area (Å²) in [6, 6.07) is 0. The van der Waals surface area contributed by atoms with E-state index >= 15 is 0 Å². The van der Waals surface area contributed by atoms with Crippen LogP contribution in [0.5, 0.6) is 0 Å². The van der Waals surface area contributed by atoms with Gasteiger partial charge in [-0.05, 0) is 19.4 Å². The molecule has 15 heavy (non-hydrogen) atoms. The summed E-state index contributed by atoms with van der Waals surface area (Å²) in [5, 5.41) is 0. The van der Waals surface area contributed by atoms with Crippen LogP contribution in [-0.2, 0) is 11.3 Å². The molecule has 0 N–H and O–H groups in total. The van der Waals surface area contributed by atoms with E-state index in [-0.39, 0.29) is 0 Å². The molecule has 0 saturated carbocycles. The monoisotopic (exact) mass is 209 g/mol. The maximum Gasteiger partial charge on any atom is 0.0945 e. The second kappa shape index (κ2) is 5.88. The Morgan fingerprint density at radius 1 is 1.13 bits per heavy atom. The lowest BCUT2D eigenvalue weighted by Crippen LogP contribution is -2.36. The molecule has 1 aliphatic rings. The van der Waals surface area contributed by atoms with Crippen molar-refractivity contribution in [2.75, 3.05) is 32.8 Å². The first-order valence-corrected chi connectivity index (χ1v) is 5.71. The third-order valence-electron chi connectivity index (χ3n) is 2.80. The molecule has 0 spiro atoms. The molecule has 1 aromatic heterocycles. The van der Waals surface area contributed by atoms with Crippen molar-refractivity contribution in [3.05, 3.63) is 18.7 Å². The summed E-state index contributed by atoms with van der Waals surface area (Å²) in [6.07, 6.45) is 8.23. The van der Waals surface area contributed by atoms with Crippen LogP contribution in [0.1, 0.15) is 12.8 Å². The summed E-state index contributed by atoms with van der Waals surface area (Å²) in [4.78, 5) is 6.51. The van der Waals surface area contributed by atoms with Gasteiger partial charge in [0.2, 0.25) is 0 Å². The minimum absolute atomic E-state index is 0.904. The lowest BCUT2D eigenvalue weighted by Gasteiger charge is -2.26. The van der Waals surface area contributed by atoms with E-state index in [0.717, 1.165) is 32.8 Å². The molecule has 2 heterocycles. The fourth-order valence-electron chi connectivity index (χ4n) is 1.87. The first-order chi connectivity index (χ1) is 7.45. The fourth-order valence-corrected chi connectivity index (χ4v) is 1.87. The number of morpholine rings is 1. The molecule has 0 amide bonds. The number of nitrogens with zero attached hydrogens (tertiary/aromatic N) is 3. The molecule has 0 bridgehead atoms. The lowest BCUT2D eigenvalue weighted by atomic mass is 10.2. The van der Waals surface area contributed by atoms with Crippen molar-refractivity contribution in [1.82, 2.24) is 14.5 Å². The van der Waals surface area contributed by atoms with Gasteiger partial charge in [0.1, 0.15) is 0 Å². The van der Waals surface area contributed by atoms with Gasteiger partial charge in [-0.25, -0.2) is 4.98 Å². The van der Waals surface area contributed by atoms with Gasteiger partial charge in [-0.3, -0.25) is 4.90 Å². The number of hydrogen-bond acceptors (Lipinski definition) is 3. The van der Waals surface area contributed by atoms with E-state index in [0.29, 0.717) is 0 Å². The lowest BCUT2D eigenvalue weighted by molar-refractivity contribution is 0.0371. The summed E-state index contributed by atoms with van der Waals surface area (Å²) in [6.45, 7) is 6.31. The molecule has 0 unspecified atom stereocenters. The smallest absolute Gasteiger partial charge is 0.0945 e. The van der Waals surface area contributed by atoms with Crippen LogP contribution >= 0.6 is 0 Å². The number of hydrogen-bond donors (Lipinski definition) is 0. The van der Waals surface area contributed by atoms with Gasteiger partial charge in [-0.2, -0.15) is 0 Å². The SMILES string of the molecule is c1cn(CCCCN2CCOCC2)cn1. The van der Waals surface area contributed by atoms with Gasteiger partial charge in [0.15, 0.2) is 0 Å². The first-order valence-electron chi connectivity index (χ1n) is 5.71. The minimum atomic E-state index is 0.904. The van der Waals surface area contributed by atoms with E-state index in [4.69, 9.17) is 4.74 Å². The Labute approximate surface area is 90.9 Å². The van der Waals surface area contributed by atoms with E-state index in [1.54, 1.807) is 0 Å². The molecule has 1 aromatic rings. The number of unbranched alkanes of at least 4 members (excludes halogenated alkanes) is 1. The van der Waals surface area contributed by atoms with Crippen molar-refractivity contribution in [3.8, 4) is 0 Å². The van der Waals surface area contributed by atoms with Gasteiger partial charge in [-0.15, -0.1) is 0 Å². The molecule has 4 nitrogen and oxygen atoms in total. The van der Waals surface area contributed by atoms with Crippen LogP contribution in [0.15, 0.2) is 18.7 Å². The van der Waals surface area contributed by atoms with Gasteiger partial charge in [0.05, 0.1) is 19.5 Å². The zero-order valence-corrected chi connectivity index (χ0v) is 9.14. The van der Waals surface area contributed by atoms with Crippen molar-refractivity contribution < 1.29 is 4.74 Å². The number of aromatic nitrogens is 2. The summed E-state index contributed by atoms with van der Waals surface area (Å²) in [5.41, 5.74) is 0. The molecular weight excluding hydrogens is 190 g/mol. The molecule has 1 aliphatic heterocycles. The Bertz CT molecular complexity index is 255. The highest BCUT2D eigenvalue weighted by molar-refractivity contribution is 4.73. The minimum Gasteiger partial charge on any atom is -0.379 e. The van der Waals surface area contributed by atoms with Gasteiger partial charge >= 0.3 is 0 Å². The predicted molar refractivity (Wildman–Crippen MR) is 58.7 cm³/mol. The van der Waals surface area contributed by atoms with E-state index in [2.05, 4.69) is 14.5 Å². The first kappa shape index (κ1) is 10.6. The fraction of sp³-hybridized carbons (Fsp3) is 0.727. The number of imidazole rings is 1. The number of ether oxygens (including phenoxy) is 1. The zero-order valence-electron chi connectivity index (χ0n) is 9.14. The van der Waals surface area contributed by atoms with Crippen LogP contribution in [0, 0.1) is 0 Å². The second-order valence-electron chi connectivity index (χ2n) is 3.96. The third kappa shape index (κ3) is 3.64. The standard InChI is InChI=1S/C11H19N3O/c1(2-5-14-6-3-12-11-14)4-13-7-9-15-10-8-13/h3,6,11H,1-2,4-5,7-10H2. The van der Waals surface area contributed by atoms with Crippen LogP contribution in [-0.4, -0.2) is 47.3 Å². The molecule has 0 aromatic carbocycles. The zero-order chi connectivity index (χ0) is 10.3. The second-order valence-corrected chi connectivity index (χ2v) is 3.96. The maximum absolute atomic E-state index is 5.31. The summed E-state index contributed by atoms with van der Waals surface area (Å²) < 4.78 is 7.45. The molecule has 2 rings (SSSR count). The summed E-state index contributed by atoms with van der Waals surface area (Å²) >= 11 is 0. The van der Waals surface area contributed by atoms with Crippen molar-refractivity contribution in [3.63, 3.8) is 0 Å². The summed E-state index contributed by atoms with van der Waals surface area (Å²) in [7, 11) is 0. The highest BCUT2D eigenvalue weighted by Gasteiger charge is 2.08. The molecule has 1 fully saturated rings. The number of aryl methyl sites for hydroxylation is 1. The highest BCUT2D eigenvalue weighted by Crippen LogP contribution is 2.01. The third-order valence-corrected chi connectivity index (χ3v) is 2.80. The molecule has 0 atom stereocenters. The maximum atomic E-state index is 5.31. The van der Waals surface area contributed by atoms with Gasteiger partial charge in [0.25, 0.3) is 0 Å². The van der Waals surface area contributed by atoms with Gasteiger partial charge < -0.3 is 9.30 Å². The van der Waals surface area contributed by atoms with E-state index in [9.17, 15) is 0 Å². The Balaban J connectivity index is 1.54. The number of rotatable bonds is 5. The average molecular weight is 209 g/mol. The Morgan fingerprint density at radius 2 is 1.93 bits per heavy atom. The van der Waals surface area contributed by atoms with Crippen LogP contribution in [0.25, 0.3) is 0 Å². The van der Waals surface area contributed by atoms with Crippen LogP contribution in [0.4, 0.5) is 0 Å². The van der Waals surface area contributed by atoms with E-state index in [1.807, 2.05) is 18.7 Å². The molecule has 4 heteroatoms. The van der Waals surface area contributed by atoms with Gasteiger partial charge in [0, 0.05) is 32.0 Å².